The van der Waals surface area contributed by atoms with Crippen molar-refractivity contribution in [1.82, 2.24) is 4.90 Å². The third kappa shape index (κ3) is 1.40. The Morgan fingerprint density at radius 3 is 2.62 bits per heavy atom. The van der Waals surface area contributed by atoms with E-state index in [1.807, 2.05) is 0 Å². The average Bonchev–Trinajstić information content (AvgIpc) is 2.28. The van der Waals surface area contributed by atoms with Gasteiger partial charge in [-0.2, -0.15) is 0 Å². The number of aliphatic imine (C=N–C) groups is 1. The molecule has 0 saturated heterocycles. The molecule has 1 aliphatic carbocycles. The van der Waals surface area contributed by atoms with Gasteiger partial charge in [-0.15, -0.1) is 0 Å². The molecule has 0 spiro atoms. The third-order valence-electron chi connectivity index (χ3n) is 3.31. The molecule has 0 aromatic rings. The summed E-state index contributed by atoms with van der Waals surface area (Å²) in [4.78, 5) is 6.64. The molecular formula is C10H19N3. The number of rotatable bonds is 2. The molecule has 3 heteroatoms. The molecule has 1 saturated carbocycles. The topological polar surface area (TPSA) is 41.6 Å². The van der Waals surface area contributed by atoms with Gasteiger partial charge >= 0.3 is 0 Å². The maximum absolute atomic E-state index is 5.86. The lowest BCUT2D eigenvalue weighted by atomic mass is 9.79. The van der Waals surface area contributed by atoms with Gasteiger partial charge in [-0.1, -0.05) is 6.42 Å². The minimum atomic E-state index is 0.497. The van der Waals surface area contributed by atoms with Crippen LogP contribution in [0.1, 0.15) is 33.1 Å². The molecule has 0 radical (unpaired) electrons. The number of hydrogen-bond acceptors (Lipinski definition) is 3. The lowest BCUT2D eigenvalue weighted by molar-refractivity contribution is 0.150. The lowest BCUT2D eigenvalue weighted by Gasteiger charge is -2.39. The molecule has 1 unspecified atom stereocenters. The molecule has 1 atom stereocenters. The number of guanidine groups is 1. The van der Waals surface area contributed by atoms with E-state index in [0.717, 1.165) is 18.4 Å². The molecule has 2 rings (SSSR count). The SMILES string of the molecule is CC(C)N1C(N)=NCC1C1CCC1. The Balaban J connectivity index is 2.04. The van der Waals surface area contributed by atoms with Crippen LogP contribution in [0.5, 0.6) is 0 Å². The smallest absolute Gasteiger partial charge is 0.191 e. The van der Waals surface area contributed by atoms with E-state index in [4.69, 9.17) is 5.73 Å². The van der Waals surface area contributed by atoms with Crippen molar-refractivity contribution >= 4 is 5.96 Å². The summed E-state index contributed by atoms with van der Waals surface area (Å²) in [5.74, 6) is 1.61. The van der Waals surface area contributed by atoms with Crippen LogP contribution in [-0.4, -0.2) is 29.5 Å². The van der Waals surface area contributed by atoms with Crippen LogP contribution in [0, 0.1) is 5.92 Å². The van der Waals surface area contributed by atoms with Crippen LogP contribution < -0.4 is 5.73 Å². The van der Waals surface area contributed by atoms with Crippen LogP contribution in [0.15, 0.2) is 4.99 Å². The first-order valence-electron chi connectivity index (χ1n) is 5.28. The number of nitrogens with two attached hydrogens (primary N) is 1. The van der Waals surface area contributed by atoms with Gasteiger partial charge < -0.3 is 10.6 Å². The molecule has 1 aliphatic heterocycles. The fourth-order valence-corrected chi connectivity index (χ4v) is 2.37. The highest BCUT2D eigenvalue weighted by atomic mass is 15.3. The molecule has 2 aliphatic rings. The highest BCUT2D eigenvalue weighted by molar-refractivity contribution is 5.80. The summed E-state index contributed by atoms with van der Waals surface area (Å²) < 4.78 is 0. The van der Waals surface area contributed by atoms with Gasteiger partial charge in [-0.25, -0.2) is 0 Å². The second-order valence-electron chi connectivity index (χ2n) is 4.46. The zero-order valence-corrected chi connectivity index (χ0v) is 8.53. The van der Waals surface area contributed by atoms with Gasteiger partial charge in [-0.3, -0.25) is 4.99 Å². The first-order chi connectivity index (χ1) is 6.20. The van der Waals surface area contributed by atoms with Crippen LogP contribution in [-0.2, 0) is 0 Å². The first-order valence-corrected chi connectivity index (χ1v) is 5.28. The maximum atomic E-state index is 5.86. The fraction of sp³-hybridized carbons (Fsp3) is 0.900. The van der Waals surface area contributed by atoms with E-state index in [0.29, 0.717) is 12.1 Å². The second-order valence-corrected chi connectivity index (χ2v) is 4.46. The number of hydrogen-bond donors (Lipinski definition) is 1. The molecule has 74 valence electrons. The van der Waals surface area contributed by atoms with Crippen LogP contribution in [0.3, 0.4) is 0 Å². The fourth-order valence-electron chi connectivity index (χ4n) is 2.37. The van der Waals surface area contributed by atoms with Gasteiger partial charge in [0.15, 0.2) is 5.96 Å². The summed E-state index contributed by atoms with van der Waals surface area (Å²) in [7, 11) is 0. The standard InChI is InChI=1S/C10H19N3/c1-7(2)13-9(6-12-10(13)11)8-4-3-5-8/h7-9H,3-6H2,1-2H3,(H2,11,12). The van der Waals surface area contributed by atoms with Crippen molar-refractivity contribution in [2.75, 3.05) is 6.54 Å². The minimum Gasteiger partial charge on any atom is -0.370 e. The quantitative estimate of drug-likeness (QED) is 0.695. The molecule has 0 aromatic carbocycles. The van der Waals surface area contributed by atoms with Gasteiger partial charge in [0, 0.05) is 6.04 Å². The van der Waals surface area contributed by atoms with Crippen molar-refractivity contribution in [3.8, 4) is 0 Å². The first kappa shape index (κ1) is 8.85. The Morgan fingerprint density at radius 1 is 1.46 bits per heavy atom. The molecule has 1 heterocycles. The molecule has 0 bridgehead atoms. The van der Waals surface area contributed by atoms with Crippen molar-refractivity contribution in [3.05, 3.63) is 0 Å². The van der Waals surface area contributed by atoms with Crippen LogP contribution >= 0.6 is 0 Å². The zero-order valence-electron chi connectivity index (χ0n) is 8.53. The van der Waals surface area contributed by atoms with E-state index < -0.39 is 0 Å². The predicted molar refractivity (Wildman–Crippen MR) is 54.6 cm³/mol. The third-order valence-corrected chi connectivity index (χ3v) is 3.31. The van der Waals surface area contributed by atoms with E-state index in [1.54, 1.807) is 0 Å². The monoisotopic (exact) mass is 181 g/mol. The van der Waals surface area contributed by atoms with Gasteiger partial charge in [0.25, 0.3) is 0 Å². The summed E-state index contributed by atoms with van der Waals surface area (Å²) in [6.07, 6.45) is 4.14. The summed E-state index contributed by atoms with van der Waals surface area (Å²) >= 11 is 0. The average molecular weight is 181 g/mol. The van der Waals surface area contributed by atoms with E-state index >= 15 is 0 Å². The normalized spacial score (nSPS) is 29.3. The van der Waals surface area contributed by atoms with Crippen molar-refractivity contribution in [2.45, 2.75) is 45.2 Å². The Hall–Kier alpha value is -0.730. The highest BCUT2D eigenvalue weighted by Gasteiger charge is 2.36. The van der Waals surface area contributed by atoms with Crippen molar-refractivity contribution in [1.29, 1.82) is 0 Å². The molecule has 2 N–H and O–H groups in total. The van der Waals surface area contributed by atoms with E-state index in [-0.39, 0.29) is 0 Å². The highest BCUT2D eigenvalue weighted by Crippen LogP contribution is 2.34. The Labute approximate surface area is 80.0 Å². The summed E-state index contributed by atoms with van der Waals surface area (Å²) in [6, 6.07) is 1.10. The molecular weight excluding hydrogens is 162 g/mol. The molecule has 3 nitrogen and oxygen atoms in total. The van der Waals surface area contributed by atoms with Crippen molar-refractivity contribution in [3.63, 3.8) is 0 Å². The second kappa shape index (κ2) is 3.20. The van der Waals surface area contributed by atoms with Gasteiger partial charge in [0.2, 0.25) is 0 Å². The summed E-state index contributed by atoms with van der Waals surface area (Å²) in [5, 5.41) is 0. The Bertz CT molecular complexity index is 218. The van der Waals surface area contributed by atoms with Crippen molar-refractivity contribution < 1.29 is 0 Å². The van der Waals surface area contributed by atoms with Gasteiger partial charge in [0.05, 0.1) is 12.6 Å². The molecule has 1 fully saturated rings. The zero-order chi connectivity index (χ0) is 9.42. The van der Waals surface area contributed by atoms with Crippen LogP contribution in [0.4, 0.5) is 0 Å². The van der Waals surface area contributed by atoms with Gasteiger partial charge in [-0.05, 0) is 32.6 Å². The summed E-state index contributed by atoms with van der Waals surface area (Å²) in [5.41, 5.74) is 5.86. The molecule has 13 heavy (non-hydrogen) atoms. The lowest BCUT2D eigenvalue weighted by Crippen LogP contribution is -2.49. The van der Waals surface area contributed by atoms with Crippen LogP contribution in [0.25, 0.3) is 0 Å². The largest absolute Gasteiger partial charge is 0.370 e. The van der Waals surface area contributed by atoms with Crippen molar-refractivity contribution in [2.24, 2.45) is 16.6 Å². The summed E-state index contributed by atoms with van der Waals surface area (Å²) in [6.45, 7) is 5.31. The van der Waals surface area contributed by atoms with E-state index in [9.17, 15) is 0 Å². The van der Waals surface area contributed by atoms with Gasteiger partial charge in [0.1, 0.15) is 0 Å². The Morgan fingerprint density at radius 2 is 2.15 bits per heavy atom. The predicted octanol–water partition coefficient (Wildman–Crippen LogP) is 1.19. The van der Waals surface area contributed by atoms with E-state index in [1.165, 1.54) is 19.3 Å². The van der Waals surface area contributed by atoms with Crippen LogP contribution in [0.2, 0.25) is 0 Å². The maximum Gasteiger partial charge on any atom is 0.191 e. The number of nitrogens with zero attached hydrogens (tertiary/aromatic N) is 2. The van der Waals surface area contributed by atoms with E-state index in [2.05, 4.69) is 23.7 Å². The Kier molecular flexibility index (Phi) is 2.18. The molecule has 0 amide bonds. The molecule has 0 aromatic heterocycles. The minimum absolute atomic E-state index is 0.497.